The van der Waals surface area contributed by atoms with Gasteiger partial charge in [-0.2, -0.15) is 0 Å². The first kappa shape index (κ1) is 18.9. The molecule has 1 unspecified atom stereocenters. The van der Waals surface area contributed by atoms with Gasteiger partial charge < -0.3 is 16.0 Å². The molecule has 2 aliphatic rings. The normalized spacial score (nSPS) is 16.7. The Morgan fingerprint density at radius 2 is 2.14 bits per heavy atom. The third-order valence-electron chi connectivity index (χ3n) is 5.55. The number of carbonyl (C=O) groups is 1. The first-order chi connectivity index (χ1) is 13.9. The van der Waals surface area contributed by atoms with Crippen LogP contribution < -0.4 is 11.1 Å². The summed E-state index contributed by atoms with van der Waals surface area (Å²) in [6, 6.07) is 7.21. The van der Waals surface area contributed by atoms with Crippen LogP contribution in [0.4, 0.5) is 16.2 Å². The highest BCUT2D eigenvalue weighted by Crippen LogP contribution is 2.32. The minimum Gasteiger partial charge on any atom is -0.398 e. The fourth-order valence-corrected chi connectivity index (χ4v) is 3.86. The number of rotatable bonds is 4. The molecule has 6 heteroatoms. The summed E-state index contributed by atoms with van der Waals surface area (Å²) in [6.07, 6.45) is 10.2. The highest BCUT2D eigenvalue weighted by atomic mass is 16.2. The third kappa shape index (κ3) is 3.66. The maximum absolute atomic E-state index is 12.7. The van der Waals surface area contributed by atoms with Crippen molar-refractivity contribution >= 4 is 23.1 Å². The summed E-state index contributed by atoms with van der Waals surface area (Å²) in [5, 5.41) is 11.6. The quantitative estimate of drug-likeness (QED) is 0.536. The average molecular weight is 387 g/mol. The topological polar surface area (TPSA) is 95.1 Å². The molecule has 0 fully saturated rings. The Kier molecular flexibility index (Phi) is 4.92. The van der Waals surface area contributed by atoms with Crippen molar-refractivity contribution in [2.75, 3.05) is 11.1 Å². The van der Waals surface area contributed by atoms with Gasteiger partial charge in [0.2, 0.25) is 0 Å². The van der Waals surface area contributed by atoms with E-state index in [4.69, 9.17) is 11.1 Å². The molecular weight excluding hydrogens is 362 g/mol. The van der Waals surface area contributed by atoms with E-state index in [1.54, 1.807) is 12.3 Å². The Labute approximate surface area is 170 Å². The molecule has 1 atom stereocenters. The predicted octanol–water partition coefficient (Wildman–Crippen LogP) is 4.40. The smallest absolute Gasteiger partial charge is 0.322 e. The van der Waals surface area contributed by atoms with Gasteiger partial charge in [-0.3, -0.25) is 10.4 Å². The van der Waals surface area contributed by atoms with Gasteiger partial charge >= 0.3 is 6.03 Å². The number of hydrogen-bond acceptors (Lipinski definition) is 4. The van der Waals surface area contributed by atoms with E-state index < -0.39 is 0 Å². The number of nitrogens with zero attached hydrogens (tertiary/aromatic N) is 2. The van der Waals surface area contributed by atoms with E-state index in [1.807, 2.05) is 36.9 Å². The molecule has 0 bridgehead atoms. The number of pyridine rings is 1. The molecule has 148 valence electrons. The molecule has 4 rings (SSSR count). The summed E-state index contributed by atoms with van der Waals surface area (Å²) in [4.78, 5) is 18.7. The lowest BCUT2D eigenvalue weighted by atomic mass is 9.95. The van der Waals surface area contributed by atoms with Gasteiger partial charge in [-0.15, -0.1) is 0 Å². The van der Waals surface area contributed by atoms with Crippen LogP contribution in [0.25, 0.3) is 0 Å². The number of carbonyl (C=O) groups excluding carboxylic acids is 1. The number of benzene rings is 1. The van der Waals surface area contributed by atoms with Crippen molar-refractivity contribution < 1.29 is 4.79 Å². The van der Waals surface area contributed by atoms with E-state index in [9.17, 15) is 4.79 Å². The minimum absolute atomic E-state index is 0.0250. The number of hydrogen-bond donors (Lipinski definition) is 3. The van der Waals surface area contributed by atoms with Crippen molar-refractivity contribution in [2.24, 2.45) is 0 Å². The number of nitrogens with one attached hydrogen (secondary N) is 2. The van der Waals surface area contributed by atoms with E-state index in [-0.39, 0.29) is 12.1 Å². The maximum Gasteiger partial charge on any atom is 0.322 e. The largest absolute Gasteiger partial charge is 0.398 e. The molecule has 1 aliphatic heterocycles. The number of allylic oxidation sites excluding steroid dienone is 2. The first-order valence-corrected chi connectivity index (χ1v) is 9.82. The number of urea groups is 1. The minimum atomic E-state index is -0.128. The lowest BCUT2D eigenvalue weighted by Gasteiger charge is -2.35. The first-order valence-electron chi connectivity index (χ1n) is 9.82. The van der Waals surface area contributed by atoms with Gasteiger partial charge in [-0.05, 0) is 62.1 Å². The van der Waals surface area contributed by atoms with Gasteiger partial charge in [0.1, 0.15) is 0 Å². The fourth-order valence-electron chi connectivity index (χ4n) is 3.86. The lowest BCUT2D eigenvalue weighted by molar-refractivity contribution is 0.195. The monoisotopic (exact) mass is 387 g/mol. The summed E-state index contributed by atoms with van der Waals surface area (Å²) in [5.41, 5.74) is 12.2. The van der Waals surface area contributed by atoms with E-state index in [0.29, 0.717) is 29.2 Å². The zero-order valence-corrected chi connectivity index (χ0v) is 16.7. The van der Waals surface area contributed by atoms with Crippen LogP contribution in [-0.2, 0) is 6.54 Å². The number of nitrogen functional groups attached to an aromatic ring is 1. The molecule has 0 spiro atoms. The van der Waals surface area contributed by atoms with Crippen LogP contribution in [-0.4, -0.2) is 27.7 Å². The van der Waals surface area contributed by atoms with Gasteiger partial charge in [0.15, 0.2) is 0 Å². The Bertz CT molecular complexity index is 1050. The molecule has 0 radical (unpaired) electrons. The van der Waals surface area contributed by atoms with E-state index in [0.717, 1.165) is 35.2 Å². The SMILES string of the molecule is Cc1cc(C(=N)c2cc3c(cc2N)NC(=O)N(C(C)C2=CCCC=C2)C3)ccn1. The third-order valence-corrected chi connectivity index (χ3v) is 5.55. The van der Waals surface area contributed by atoms with Crippen molar-refractivity contribution in [1.82, 2.24) is 9.88 Å². The zero-order valence-electron chi connectivity index (χ0n) is 16.7. The number of anilines is 2. The van der Waals surface area contributed by atoms with Gasteiger partial charge in [-0.25, -0.2) is 4.79 Å². The van der Waals surface area contributed by atoms with Crippen LogP contribution in [0.1, 0.15) is 42.1 Å². The number of nitrogens with two attached hydrogens (primary N) is 1. The molecule has 4 N–H and O–H groups in total. The van der Waals surface area contributed by atoms with Crippen molar-refractivity contribution in [3.63, 3.8) is 0 Å². The van der Waals surface area contributed by atoms with Gasteiger partial charge in [0, 0.05) is 34.4 Å². The summed E-state index contributed by atoms with van der Waals surface area (Å²) >= 11 is 0. The van der Waals surface area contributed by atoms with Crippen LogP contribution in [0.15, 0.2) is 54.3 Å². The summed E-state index contributed by atoms with van der Waals surface area (Å²) in [7, 11) is 0. The molecule has 1 aromatic heterocycles. The number of amides is 2. The predicted molar refractivity (Wildman–Crippen MR) is 116 cm³/mol. The molecule has 6 nitrogen and oxygen atoms in total. The van der Waals surface area contributed by atoms with Crippen LogP contribution in [0, 0.1) is 12.3 Å². The number of fused-ring (bicyclic) bond motifs is 1. The molecule has 0 saturated heterocycles. The van der Waals surface area contributed by atoms with Gasteiger partial charge in [0.25, 0.3) is 0 Å². The second-order valence-electron chi connectivity index (χ2n) is 7.58. The van der Waals surface area contributed by atoms with E-state index in [1.165, 1.54) is 0 Å². The molecule has 0 saturated carbocycles. The zero-order chi connectivity index (χ0) is 20.5. The summed E-state index contributed by atoms with van der Waals surface area (Å²) in [5.74, 6) is 0. The molecule has 1 aromatic carbocycles. The number of aromatic nitrogens is 1. The van der Waals surface area contributed by atoms with Crippen LogP contribution in [0.3, 0.4) is 0 Å². The molecule has 29 heavy (non-hydrogen) atoms. The van der Waals surface area contributed by atoms with E-state index >= 15 is 0 Å². The van der Waals surface area contributed by atoms with Crippen molar-refractivity contribution in [2.45, 2.75) is 39.3 Å². The lowest BCUT2D eigenvalue weighted by Crippen LogP contribution is -2.44. The highest BCUT2D eigenvalue weighted by Gasteiger charge is 2.29. The van der Waals surface area contributed by atoms with Gasteiger partial charge in [-0.1, -0.05) is 18.2 Å². The average Bonchev–Trinajstić information content (AvgIpc) is 2.72. The fraction of sp³-hybridized carbons (Fsp3) is 0.261. The standard InChI is InChI=1S/C23H25N5O/c1-14-10-17(8-9-26-14)22(25)19-11-18-13-28(15(2)16-6-4-3-5-7-16)23(29)27-21(18)12-20(19)24/h4,6-12,15,25H,3,5,13,24H2,1-2H3,(H,27,29). The molecule has 1 aliphatic carbocycles. The second kappa shape index (κ2) is 7.54. The summed E-state index contributed by atoms with van der Waals surface area (Å²) < 4.78 is 0. The Morgan fingerprint density at radius 1 is 1.31 bits per heavy atom. The highest BCUT2D eigenvalue weighted by molar-refractivity contribution is 6.14. The van der Waals surface area contributed by atoms with Crippen molar-refractivity contribution in [1.29, 1.82) is 5.41 Å². The van der Waals surface area contributed by atoms with Crippen molar-refractivity contribution in [3.8, 4) is 0 Å². The number of aryl methyl sites for hydroxylation is 1. The Morgan fingerprint density at radius 3 is 2.86 bits per heavy atom. The summed E-state index contributed by atoms with van der Waals surface area (Å²) in [6.45, 7) is 4.42. The second-order valence-corrected chi connectivity index (χ2v) is 7.58. The van der Waals surface area contributed by atoms with Crippen LogP contribution in [0.2, 0.25) is 0 Å². The molecule has 2 heterocycles. The van der Waals surface area contributed by atoms with Crippen molar-refractivity contribution in [3.05, 3.63) is 76.6 Å². The molecule has 2 aromatic rings. The molecule has 2 amide bonds. The van der Waals surface area contributed by atoms with Crippen LogP contribution in [0.5, 0.6) is 0 Å². The van der Waals surface area contributed by atoms with Crippen LogP contribution >= 0.6 is 0 Å². The Hall–Kier alpha value is -3.41. The molecular formula is C23H25N5O. The van der Waals surface area contributed by atoms with E-state index in [2.05, 4.69) is 28.5 Å². The maximum atomic E-state index is 12.7. The Balaban J connectivity index is 1.66. The van der Waals surface area contributed by atoms with Gasteiger partial charge in [0.05, 0.1) is 18.3 Å².